The number of aromatic nitrogens is 7. The summed E-state index contributed by atoms with van der Waals surface area (Å²) in [6.45, 7) is 59.0. The number of H-pyrrole nitrogens is 1. The molecule has 0 unspecified atom stereocenters. The number of halogens is 1. The topological polar surface area (TPSA) is 384 Å². The summed E-state index contributed by atoms with van der Waals surface area (Å²) < 4.78 is 25.6. The van der Waals surface area contributed by atoms with Crippen molar-refractivity contribution in [3.63, 3.8) is 0 Å². The van der Waals surface area contributed by atoms with Gasteiger partial charge in [0, 0.05) is 19.7 Å². The lowest BCUT2D eigenvalue weighted by Gasteiger charge is -2.36. The maximum atomic E-state index is 12.3. The standard InChI is InChI=1S/C13H22N6O3Si.2C9H19NO2Si.C8H21NOSi.C6H15ClSi.C4H5N5O.C2H7NO/c1-13(2,3)23(4,5)22-7-6-19-12(21)18-8-15-9(10(14)20)11(18)16-17-19;2*1-9(2,3)13(4,5)12-7-6-10-8-11;1-8(2,3)11(4,5)10-7-6-9;1-6(2,3)8(4,5)7;5-3(10)2-4(9-6)8-1-7-2;3-1-2-4/h8H,6-7H2,1-5H3,(H2,14,20);2*6-7H2,1-5H3;6-7,9H2,1-5H3;1-5H3;1,6H,(H2,5,10)(H,7,8);4H,1-3H2. The van der Waals surface area contributed by atoms with Gasteiger partial charge in [0.25, 0.3) is 11.8 Å². The van der Waals surface area contributed by atoms with E-state index in [-0.39, 0.29) is 51.1 Å². The van der Waals surface area contributed by atoms with Gasteiger partial charge in [-0.15, -0.1) is 10.2 Å². The number of aliphatic hydroxyl groups excluding tert-OH is 1. The zero-order valence-corrected chi connectivity index (χ0v) is 60.3. The van der Waals surface area contributed by atoms with Crippen molar-refractivity contribution < 1.29 is 42.0 Å². The molecule has 0 saturated heterocycles. The zero-order valence-electron chi connectivity index (χ0n) is 54.6. The third kappa shape index (κ3) is 32.8. The van der Waals surface area contributed by atoms with Crippen molar-refractivity contribution in [3.8, 4) is 0 Å². The lowest BCUT2D eigenvalue weighted by atomic mass is 10.2. The number of carbonyl (C=O) groups excluding carboxylic acids is 4. The van der Waals surface area contributed by atoms with Crippen LogP contribution in [0.5, 0.6) is 0 Å². The summed E-state index contributed by atoms with van der Waals surface area (Å²) in [6, 6.07) is 0. The van der Waals surface area contributed by atoms with Crippen molar-refractivity contribution in [2.75, 3.05) is 59.2 Å². The van der Waals surface area contributed by atoms with Gasteiger partial charge in [-0.2, -0.15) is 15.8 Å². The molecule has 2 amide bonds. The van der Waals surface area contributed by atoms with Gasteiger partial charge in [0.15, 0.2) is 57.7 Å². The molecule has 11 N–H and O–H groups in total. The van der Waals surface area contributed by atoms with E-state index in [9.17, 15) is 24.0 Å². The number of aliphatic hydroxyl groups is 1. The molecule has 0 atom stereocenters. The number of carbonyl (C=O) groups is 2. The lowest BCUT2D eigenvalue weighted by molar-refractivity contribution is 0.0988. The first-order valence-corrected chi connectivity index (χ1v) is 42.7. The largest absolute Gasteiger partial charge is 0.416 e. The van der Waals surface area contributed by atoms with Gasteiger partial charge in [0.2, 0.25) is 18.0 Å². The highest BCUT2D eigenvalue weighted by molar-refractivity contribution is 7.20. The fraction of sp³-hybridized carbons (Fsp3) is 0.784. The molecule has 0 radical (unpaired) electrons. The Balaban J connectivity index is -0.000000455. The van der Waals surface area contributed by atoms with Crippen molar-refractivity contribution in [1.82, 2.24) is 34.3 Å². The minimum Gasteiger partial charge on any atom is -0.416 e. The van der Waals surface area contributed by atoms with Crippen LogP contribution in [0.15, 0.2) is 32.5 Å². The van der Waals surface area contributed by atoms with Crippen molar-refractivity contribution in [1.29, 1.82) is 5.53 Å². The number of hydrogen-bond donors (Lipinski definition) is 7. The van der Waals surface area contributed by atoms with Crippen LogP contribution < -0.4 is 28.6 Å². The number of aliphatic imine (C=N–C) groups is 2. The highest BCUT2D eigenvalue weighted by Crippen LogP contribution is 2.40. The number of aromatic amines is 1. The summed E-state index contributed by atoms with van der Waals surface area (Å²) in [4.78, 5) is 70.2. The lowest BCUT2D eigenvalue weighted by Crippen LogP contribution is -2.42. The number of imidazole rings is 2. The van der Waals surface area contributed by atoms with Crippen molar-refractivity contribution in [3.05, 3.63) is 34.5 Å². The Kier molecular flexibility index (Phi) is 38.4. The number of rotatable bonds is 19. The summed E-state index contributed by atoms with van der Waals surface area (Å²) in [5, 5.41) is 19.6. The molecule has 0 spiro atoms. The molecule has 0 aliphatic carbocycles. The molecule has 82 heavy (non-hydrogen) atoms. The van der Waals surface area contributed by atoms with Crippen LogP contribution >= 0.6 is 11.1 Å². The van der Waals surface area contributed by atoms with E-state index in [4.69, 9.17) is 62.4 Å². The predicted octanol–water partition coefficient (Wildman–Crippen LogP) is 9.40. The molecule has 0 fully saturated rings. The van der Waals surface area contributed by atoms with E-state index < -0.39 is 58.2 Å². The highest BCUT2D eigenvalue weighted by atomic mass is 35.6. The van der Waals surface area contributed by atoms with E-state index in [2.05, 4.69) is 210 Å². The van der Waals surface area contributed by atoms with E-state index in [1.54, 1.807) is 0 Å². The van der Waals surface area contributed by atoms with Gasteiger partial charge in [-0.1, -0.05) is 122 Å². The molecule has 3 aromatic rings. The van der Waals surface area contributed by atoms with Gasteiger partial charge in [-0.25, -0.2) is 44.3 Å². The third-order valence-electron chi connectivity index (χ3n) is 14.6. The first-order chi connectivity index (χ1) is 36.9. The molecule has 31 heteroatoms. The molecule has 25 nitrogen and oxygen atoms in total. The van der Waals surface area contributed by atoms with Gasteiger partial charge in [0.05, 0.1) is 52.4 Å². The second-order valence-electron chi connectivity index (χ2n) is 26.2. The van der Waals surface area contributed by atoms with Crippen LogP contribution in [0.4, 0.5) is 5.82 Å². The van der Waals surface area contributed by atoms with Crippen LogP contribution in [0, 0.1) is 5.53 Å². The second kappa shape index (κ2) is 37.3. The van der Waals surface area contributed by atoms with E-state index >= 15 is 0 Å². The third-order valence-corrected chi connectivity index (χ3v) is 38.0. The molecule has 3 rings (SSSR count). The fourth-order valence-corrected chi connectivity index (χ4v) is 8.22. The minimum absolute atomic E-state index is 0.0208. The van der Waals surface area contributed by atoms with Crippen LogP contribution in [0.3, 0.4) is 0 Å². The Morgan fingerprint density at radius 3 is 1.30 bits per heavy atom. The SMILES string of the molecule is CC(C)(C)[Si](C)(C)Cl.CC(C)(C)[Si](C)(C)OCCN.CC(C)(C)[Si](C)(C)OCCN=C=O.CC(C)(C)[Si](C)(C)OCCN=C=O.CC(C)(C)[Si](C)(C)OCCn1nnc2c(C(N)=O)ncn2c1=O.N=Nc1nc[nH]c1C(N)=O.NCCO. The monoisotopic (exact) mass is 1270 g/mol. The quantitative estimate of drug-likeness (QED) is 0.0147. The smallest absolute Gasteiger partial charge is 0.353 e. The van der Waals surface area contributed by atoms with Gasteiger partial charge in [-0.05, 0) is 77.6 Å². The number of nitrogens with zero attached hydrogens (tertiary/aromatic N) is 9. The number of nitrogens with one attached hydrogen (secondary N) is 2. The number of amides is 2. The molecule has 3 aromatic heterocycles. The number of hydrogen-bond acceptors (Lipinski definition) is 20. The second-order valence-corrected chi connectivity index (χ2v) is 52.7. The van der Waals surface area contributed by atoms with E-state index in [0.29, 0.717) is 62.7 Å². The molecule has 0 saturated carbocycles. The molecular weight excluding hydrogens is 1160 g/mol. The summed E-state index contributed by atoms with van der Waals surface area (Å²) in [6.07, 6.45) is 5.48. The number of nitrogens with two attached hydrogens (primary N) is 4. The maximum Gasteiger partial charge on any atom is 0.353 e. The molecule has 3 heterocycles. The number of isocyanates is 2. The van der Waals surface area contributed by atoms with Crippen LogP contribution in [0.1, 0.15) is 125 Å². The summed E-state index contributed by atoms with van der Waals surface area (Å²) >= 11 is 6.15. The maximum absolute atomic E-state index is 12.3. The Bertz CT molecular complexity index is 2430. The first-order valence-electron chi connectivity index (χ1n) is 27.0. The normalized spacial score (nSPS) is 12.2. The molecular formula is C51H108ClN15O10Si5. The highest BCUT2D eigenvalue weighted by Gasteiger charge is 2.39. The Labute approximate surface area is 499 Å². The van der Waals surface area contributed by atoms with Crippen molar-refractivity contribution >= 4 is 87.2 Å². The molecule has 0 aliphatic heterocycles. The van der Waals surface area contributed by atoms with Crippen LogP contribution in [-0.4, -0.2) is 163 Å². The minimum atomic E-state index is -1.88. The number of primary amides is 2. The summed E-state index contributed by atoms with van der Waals surface area (Å²) in [5.74, 6) is -1.39. The van der Waals surface area contributed by atoms with Gasteiger partial charge in [0.1, 0.15) is 6.33 Å². The average Bonchev–Trinajstić information content (AvgIpc) is 4.00. The van der Waals surface area contributed by atoms with Crippen LogP contribution in [-0.2, 0) is 33.8 Å². The Hall–Kier alpha value is -4.12. The van der Waals surface area contributed by atoms with Crippen LogP contribution in [0.25, 0.3) is 5.65 Å². The molecule has 474 valence electrons. The predicted molar refractivity (Wildman–Crippen MR) is 342 cm³/mol. The first kappa shape index (κ1) is 84.3. The van der Waals surface area contributed by atoms with Gasteiger partial charge < -0.3 is 50.7 Å². The average molecular weight is 1270 g/mol. The van der Waals surface area contributed by atoms with E-state index in [1.165, 1.54) is 29.5 Å². The number of fused-ring (bicyclic) bond motifs is 1. The molecule has 0 aliphatic rings. The van der Waals surface area contributed by atoms with Crippen molar-refractivity contribution in [2.24, 2.45) is 38.0 Å². The summed E-state index contributed by atoms with van der Waals surface area (Å²) in [5.41, 5.74) is 26.4. The molecule has 0 aromatic carbocycles. The van der Waals surface area contributed by atoms with E-state index in [0.717, 1.165) is 4.40 Å². The summed E-state index contributed by atoms with van der Waals surface area (Å²) in [7, 11) is -8.07. The van der Waals surface area contributed by atoms with E-state index in [1.807, 2.05) is 0 Å². The van der Waals surface area contributed by atoms with Crippen molar-refractivity contribution in [2.45, 2.75) is 201 Å². The zero-order chi connectivity index (χ0) is 65.6. The van der Waals surface area contributed by atoms with Gasteiger partial charge in [-0.3, -0.25) is 9.59 Å². The van der Waals surface area contributed by atoms with Crippen LogP contribution in [0.2, 0.25) is 90.7 Å². The molecule has 0 bridgehead atoms. The fourth-order valence-electron chi connectivity index (χ4n) is 4.06. The Morgan fingerprint density at radius 2 is 1.02 bits per heavy atom. The Morgan fingerprint density at radius 1 is 0.659 bits per heavy atom. The van der Waals surface area contributed by atoms with Gasteiger partial charge >= 0.3 is 5.69 Å².